The lowest BCUT2D eigenvalue weighted by atomic mass is 9.99. The van der Waals surface area contributed by atoms with Gasteiger partial charge >= 0.3 is 0 Å². The van der Waals surface area contributed by atoms with E-state index in [0.717, 1.165) is 6.07 Å². The lowest BCUT2D eigenvalue weighted by Gasteiger charge is -2.39. The number of fused-ring (bicyclic) bond motifs is 1. The van der Waals surface area contributed by atoms with Crippen LogP contribution >= 0.6 is 0 Å². The summed E-state index contributed by atoms with van der Waals surface area (Å²) < 4.78 is 16.4. The van der Waals surface area contributed by atoms with Crippen LogP contribution in [0.3, 0.4) is 0 Å². The standard InChI is InChI=1S/C21H20O10/c22-7-15-18(26)19(27)20(28)21(31-15)30-14-6-11(24)5-13-16(14)17(25)12(8-29-13)9-1-3-10(23)4-2-9/h1-6,8,15,18-24,26-28H,7H2/t15?,18-,19+,20?,21-/m1/s1. The van der Waals surface area contributed by atoms with Crippen molar-refractivity contribution >= 4 is 11.0 Å². The number of hydrogen-bond acceptors (Lipinski definition) is 10. The summed E-state index contributed by atoms with van der Waals surface area (Å²) in [5, 5.41) is 58.8. The zero-order valence-electron chi connectivity index (χ0n) is 16.0. The van der Waals surface area contributed by atoms with Gasteiger partial charge in [-0.1, -0.05) is 12.1 Å². The number of aliphatic hydroxyl groups is 4. The molecule has 0 spiro atoms. The summed E-state index contributed by atoms with van der Waals surface area (Å²) in [4.78, 5) is 13.2. The highest BCUT2D eigenvalue weighted by molar-refractivity contribution is 5.88. The number of ether oxygens (including phenoxy) is 2. The monoisotopic (exact) mass is 432 g/mol. The Bertz CT molecular complexity index is 1140. The predicted octanol–water partition coefficient (Wildman–Crippen LogP) is 0.0499. The van der Waals surface area contributed by atoms with E-state index in [1.165, 1.54) is 36.6 Å². The maximum absolute atomic E-state index is 13.2. The molecule has 2 heterocycles. The van der Waals surface area contributed by atoms with E-state index in [0.29, 0.717) is 5.56 Å². The Kier molecular flexibility index (Phi) is 5.56. The number of phenolic OH excluding ortho intramolecular Hbond substituents is 2. The molecule has 0 saturated carbocycles. The van der Waals surface area contributed by atoms with Gasteiger partial charge in [0.1, 0.15) is 58.9 Å². The van der Waals surface area contributed by atoms with Gasteiger partial charge in [-0.25, -0.2) is 0 Å². The number of phenols is 2. The molecule has 1 aliphatic rings. The molecule has 164 valence electrons. The summed E-state index contributed by atoms with van der Waals surface area (Å²) in [6, 6.07) is 8.17. The van der Waals surface area contributed by atoms with E-state index in [-0.39, 0.29) is 33.8 Å². The van der Waals surface area contributed by atoms with Gasteiger partial charge in [-0.05, 0) is 17.7 Å². The van der Waals surface area contributed by atoms with Crippen molar-refractivity contribution in [1.82, 2.24) is 0 Å². The zero-order valence-corrected chi connectivity index (χ0v) is 16.0. The van der Waals surface area contributed by atoms with Crippen LogP contribution in [-0.2, 0) is 4.74 Å². The van der Waals surface area contributed by atoms with Crippen molar-refractivity contribution in [3.63, 3.8) is 0 Å². The van der Waals surface area contributed by atoms with Gasteiger partial charge in [-0.15, -0.1) is 0 Å². The molecule has 1 saturated heterocycles. The topological polar surface area (TPSA) is 170 Å². The number of benzene rings is 2. The molecule has 3 aromatic rings. The Morgan fingerprint density at radius 3 is 2.32 bits per heavy atom. The number of aromatic hydroxyl groups is 2. The van der Waals surface area contributed by atoms with E-state index in [1.807, 2.05) is 0 Å². The second-order valence-electron chi connectivity index (χ2n) is 7.16. The fraction of sp³-hybridized carbons (Fsp3) is 0.286. The van der Waals surface area contributed by atoms with Crippen LogP contribution in [0.4, 0.5) is 0 Å². The largest absolute Gasteiger partial charge is 0.508 e. The van der Waals surface area contributed by atoms with E-state index >= 15 is 0 Å². The highest BCUT2D eigenvalue weighted by atomic mass is 16.7. The van der Waals surface area contributed by atoms with Crippen molar-refractivity contribution in [3.8, 4) is 28.4 Å². The summed E-state index contributed by atoms with van der Waals surface area (Å²) in [5.74, 6) is -0.480. The van der Waals surface area contributed by atoms with Gasteiger partial charge in [-0.3, -0.25) is 4.79 Å². The minimum atomic E-state index is -1.71. The van der Waals surface area contributed by atoms with Gasteiger partial charge in [0, 0.05) is 12.1 Å². The van der Waals surface area contributed by atoms with Crippen LogP contribution in [0.25, 0.3) is 22.1 Å². The Balaban J connectivity index is 1.79. The lowest BCUT2D eigenvalue weighted by Crippen LogP contribution is -2.60. The molecule has 2 unspecified atom stereocenters. The molecule has 10 heteroatoms. The molecule has 31 heavy (non-hydrogen) atoms. The summed E-state index contributed by atoms with van der Waals surface area (Å²) in [6.07, 6.45) is -6.53. The zero-order chi connectivity index (χ0) is 22.3. The van der Waals surface area contributed by atoms with E-state index < -0.39 is 42.7 Å². The van der Waals surface area contributed by atoms with Crippen LogP contribution in [0.2, 0.25) is 0 Å². The Morgan fingerprint density at radius 1 is 0.935 bits per heavy atom. The molecule has 0 radical (unpaired) electrons. The van der Waals surface area contributed by atoms with Crippen LogP contribution in [0.1, 0.15) is 0 Å². The van der Waals surface area contributed by atoms with Crippen LogP contribution < -0.4 is 10.2 Å². The average molecular weight is 432 g/mol. The predicted molar refractivity (Wildman–Crippen MR) is 106 cm³/mol. The Labute approximate surface area is 174 Å². The molecule has 6 N–H and O–H groups in total. The second kappa shape index (κ2) is 8.17. The first kappa shape index (κ1) is 21.1. The fourth-order valence-corrected chi connectivity index (χ4v) is 3.43. The molecule has 1 aromatic heterocycles. The molecule has 1 fully saturated rings. The molecule has 0 bridgehead atoms. The Hall–Kier alpha value is -3.15. The average Bonchev–Trinajstić information content (AvgIpc) is 2.75. The van der Waals surface area contributed by atoms with Gasteiger partial charge in [-0.2, -0.15) is 0 Å². The van der Waals surface area contributed by atoms with E-state index in [2.05, 4.69) is 0 Å². The second-order valence-corrected chi connectivity index (χ2v) is 7.16. The molecular formula is C21H20O10. The first-order valence-corrected chi connectivity index (χ1v) is 9.35. The van der Waals surface area contributed by atoms with Crippen molar-refractivity contribution < 1.29 is 44.5 Å². The minimum Gasteiger partial charge on any atom is -0.508 e. The number of aliphatic hydroxyl groups excluding tert-OH is 4. The molecule has 1 aliphatic heterocycles. The minimum absolute atomic E-state index is 0.00730. The third kappa shape index (κ3) is 3.82. The van der Waals surface area contributed by atoms with Crippen LogP contribution in [0, 0.1) is 0 Å². The summed E-state index contributed by atoms with van der Waals surface area (Å²) in [5.41, 5.74) is 0.0795. The first-order chi connectivity index (χ1) is 14.8. The first-order valence-electron chi connectivity index (χ1n) is 9.35. The highest BCUT2D eigenvalue weighted by Gasteiger charge is 2.45. The van der Waals surface area contributed by atoms with Gasteiger partial charge < -0.3 is 44.5 Å². The van der Waals surface area contributed by atoms with Crippen molar-refractivity contribution in [2.75, 3.05) is 6.61 Å². The third-order valence-electron chi connectivity index (χ3n) is 5.10. The van der Waals surface area contributed by atoms with Crippen LogP contribution in [0.5, 0.6) is 17.2 Å². The summed E-state index contributed by atoms with van der Waals surface area (Å²) in [7, 11) is 0. The quantitative estimate of drug-likeness (QED) is 0.331. The number of hydrogen-bond donors (Lipinski definition) is 6. The molecule has 0 amide bonds. The summed E-state index contributed by atoms with van der Waals surface area (Å²) in [6.45, 7) is -0.654. The van der Waals surface area contributed by atoms with E-state index in [1.54, 1.807) is 0 Å². The normalized spacial score (nSPS) is 26.1. The van der Waals surface area contributed by atoms with Crippen LogP contribution in [0.15, 0.2) is 51.9 Å². The molecular weight excluding hydrogens is 412 g/mol. The van der Waals surface area contributed by atoms with Gasteiger partial charge in [0.15, 0.2) is 0 Å². The Morgan fingerprint density at radius 2 is 1.65 bits per heavy atom. The number of rotatable bonds is 4. The van der Waals surface area contributed by atoms with E-state index in [4.69, 9.17) is 13.9 Å². The van der Waals surface area contributed by atoms with Crippen molar-refractivity contribution in [2.24, 2.45) is 0 Å². The smallest absolute Gasteiger partial charge is 0.229 e. The van der Waals surface area contributed by atoms with Gasteiger partial charge in [0.25, 0.3) is 0 Å². The van der Waals surface area contributed by atoms with Crippen LogP contribution in [-0.4, -0.2) is 68.0 Å². The molecule has 10 nitrogen and oxygen atoms in total. The molecule has 4 rings (SSSR count). The summed E-state index contributed by atoms with van der Waals surface area (Å²) >= 11 is 0. The molecule has 5 atom stereocenters. The van der Waals surface area contributed by atoms with E-state index in [9.17, 15) is 35.4 Å². The third-order valence-corrected chi connectivity index (χ3v) is 5.10. The maximum Gasteiger partial charge on any atom is 0.229 e. The van der Waals surface area contributed by atoms with Crippen molar-refractivity contribution in [2.45, 2.75) is 30.7 Å². The lowest BCUT2D eigenvalue weighted by molar-refractivity contribution is -0.277. The van der Waals surface area contributed by atoms with Gasteiger partial charge in [0.2, 0.25) is 11.7 Å². The van der Waals surface area contributed by atoms with Crippen molar-refractivity contribution in [1.29, 1.82) is 0 Å². The van der Waals surface area contributed by atoms with Gasteiger partial charge in [0.05, 0.1) is 12.2 Å². The molecule has 2 aromatic carbocycles. The highest BCUT2D eigenvalue weighted by Crippen LogP contribution is 2.33. The fourth-order valence-electron chi connectivity index (χ4n) is 3.43. The maximum atomic E-state index is 13.2. The van der Waals surface area contributed by atoms with Crippen molar-refractivity contribution in [3.05, 3.63) is 52.9 Å². The SMILES string of the molecule is O=c1c(-c2ccc(O)cc2)coc2cc(O)cc(O[C@@H]3OC(CO)[C@@H](O)[C@H](O)C3O)c12. The molecule has 0 aliphatic carbocycles.